The number of hydrogen-bond acceptors (Lipinski definition) is 2. The topological polar surface area (TPSA) is 35.4 Å². The molecule has 1 saturated heterocycles. The van der Waals surface area contributed by atoms with Crippen molar-refractivity contribution in [3.05, 3.63) is 0 Å². The van der Waals surface area contributed by atoms with E-state index in [9.17, 15) is 0 Å². The molecule has 3 heteroatoms. The fourth-order valence-corrected chi connectivity index (χ4v) is 0.931. The molecule has 1 fully saturated rings. The van der Waals surface area contributed by atoms with E-state index in [2.05, 4.69) is 10.6 Å². The molecular formula is C6H13N2O. The van der Waals surface area contributed by atoms with Gasteiger partial charge in [0.05, 0.1) is 19.3 Å². The summed E-state index contributed by atoms with van der Waals surface area (Å²) >= 11 is 0. The zero-order valence-electron chi connectivity index (χ0n) is 5.76. The van der Waals surface area contributed by atoms with Crippen molar-refractivity contribution >= 4 is 0 Å². The van der Waals surface area contributed by atoms with Crippen LogP contribution in [0.5, 0.6) is 0 Å². The zero-order chi connectivity index (χ0) is 6.53. The summed E-state index contributed by atoms with van der Waals surface area (Å²) < 4.78 is 5.20. The molecule has 0 aromatic rings. The first kappa shape index (κ1) is 6.99. The van der Waals surface area contributed by atoms with Crippen LogP contribution in [-0.4, -0.2) is 39.4 Å². The third-order valence-corrected chi connectivity index (χ3v) is 1.37. The Morgan fingerprint density at radius 3 is 3.22 bits per heavy atom. The van der Waals surface area contributed by atoms with Gasteiger partial charge in [-0.25, -0.2) is 5.32 Å². The van der Waals surface area contributed by atoms with Crippen LogP contribution >= 0.6 is 0 Å². The van der Waals surface area contributed by atoms with Gasteiger partial charge in [-0.1, -0.05) is 0 Å². The number of rotatable bonds is 2. The van der Waals surface area contributed by atoms with E-state index >= 15 is 0 Å². The summed E-state index contributed by atoms with van der Waals surface area (Å²) in [4.78, 5) is 0. The molecule has 0 bridgehead atoms. The molecule has 1 radical (unpaired) electrons. The van der Waals surface area contributed by atoms with Gasteiger partial charge in [0.1, 0.15) is 0 Å². The summed E-state index contributed by atoms with van der Waals surface area (Å²) in [5, 5.41) is 7.40. The highest BCUT2D eigenvalue weighted by molar-refractivity contribution is 4.70. The molecule has 0 aromatic heterocycles. The van der Waals surface area contributed by atoms with Crippen LogP contribution < -0.4 is 10.6 Å². The molecule has 0 saturated carbocycles. The molecule has 3 nitrogen and oxygen atoms in total. The van der Waals surface area contributed by atoms with Gasteiger partial charge in [0.2, 0.25) is 0 Å². The second-order valence-corrected chi connectivity index (χ2v) is 2.19. The van der Waals surface area contributed by atoms with Crippen LogP contribution in [0.25, 0.3) is 0 Å². The summed E-state index contributed by atoms with van der Waals surface area (Å²) in [6, 6.07) is 0.392. The third-order valence-electron chi connectivity index (χ3n) is 1.37. The number of ether oxygens (including phenoxy) is 1. The number of morpholine rings is 1. The molecule has 9 heavy (non-hydrogen) atoms. The maximum absolute atomic E-state index is 5.20. The van der Waals surface area contributed by atoms with Crippen molar-refractivity contribution < 1.29 is 4.74 Å². The highest BCUT2D eigenvalue weighted by Crippen LogP contribution is 1.92. The van der Waals surface area contributed by atoms with E-state index in [1.807, 2.05) is 7.05 Å². The van der Waals surface area contributed by atoms with Crippen molar-refractivity contribution in [3.8, 4) is 0 Å². The van der Waals surface area contributed by atoms with Gasteiger partial charge in [0.15, 0.2) is 0 Å². The number of likely N-dealkylation sites (N-methyl/N-ethyl adjacent to an activating group) is 1. The maximum atomic E-state index is 5.20. The van der Waals surface area contributed by atoms with Gasteiger partial charge in [0, 0.05) is 13.1 Å². The van der Waals surface area contributed by atoms with E-state index in [1.165, 1.54) is 0 Å². The van der Waals surface area contributed by atoms with Crippen molar-refractivity contribution in [3.63, 3.8) is 0 Å². The lowest BCUT2D eigenvalue weighted by atomic mass is 10.3. The predicted octanol–water partition coefficient (Wildman–Crippen LogP) is -0.791. The van der Waals surface area contributed by atoms with Crippen LogP contribution in [0.3, 0.4) is 0 Å². The van der Waals surface area contributed by atoms with Crippen molar-refractivity contribution in [2.24, 2.45) is 0 Å². The lowest BCUT2D eigenvalue weighted by Gasteiger charge is -2.21. The Kier molecular flexibility index (Phi) is 2.97. The maximum Gasteiger partial charge on any atom is 0.0649 e. The summed E-state index contributed by atoms with van der Waals surface area (Å²) in [5.74, 6) is 0. The molecule has 1 N–H and O–H groups in total. The first-order chi connectivity index (χ1) is 4.43. The highest BCUT2D eigenvalue weighted by atomic mass is 16.5. The van der Waals surface area contributed by atoms with Crippen molar-refractivity contribution in [2.45, 2.75) is 6.04 Å². The van der Waals surface area contributed by atoms with Crippen LogP contribution in [0.4, 0.5) is 0 Å². The van der Waals surface area contributed by atoms with E-state index in [-0.39, 0.29) is 0 Å². The van der Waals surface area contributed by atoms with Crippen LogP contribution in [0.2, 0.25) is 0 Å². The first-order valence-electron chi connectivity index (χ1n) is 3.32. The molecule has 0 aromatic carbocycles. The second kappa shape index (κ2) is 3.82. The Labute approximate surface area is 55.8 Å². The molecule has 1 atom stereocenters. The van der Waals surface area contributed by atoms with Gasteiger partial charge < -0.3 is 10.1 Å². The molecule has 0 aliphatic carbocycles. The smallest absolute Gasteiger partial charge is 0.0649 e. The summed E-state index contributed by atoms with van der Waals surface area (Å²) in [7, 11) is 1.93. The SMILES string of the molecule is CNCC1COCC[N]1. The van der Waals surface area contributed by atoms with Gasteiger partial charge >= 0.3 is 0 Å². The first-order valence-corrected chi connectivity index (χ1v) is 3.32. The van der Waals surface area contributed by atoms with Crippen molar-refractivity contribution in [1.29, 1.82) is 0 Å². The lowest BCUT2D eigenvalue weighted by Crippen LogP contribution is -2.41. The number of nitrogens with one attached hydrogen (secondary N) is 1. The van der Waals surface area contributed by atoms with Crippen LogP contribution in [-0.2, 0) is 4.74 Å². The molecule has 0 amide bonds. The highest BCUT2D eigenvalue weighted by Gasteiger charge is 2.11. The molecule has 1 aliphatic heterocycles. The summed E-state index contributed by atoms with van der Waals surface area (Å²) in [6.07, 6.45) is 0. The summed E-state index contributed by atoms with van der Waals surface area (Å²) in [5.41, 5.74) is 0. The minimum Gasteiger partial charge on any atom is -0.378 e. The monoisotopic (exact) mass is 129 g/mol. The van der Waals surface area contributed by atoms with E-state index in [4.69, 9.17) is 4.74 Å². The van der Waals surface area contributed by atoms with Crippen LogP contribution in [0.1, 0.15) is 0 Å². The van der Waals surface area contributed by atoms with E-state index in [0.29, 0.717) is 6.04 Å². The van der Waals surface area contributed by atoms with E-state index in [1.54, 1.807) is 0 Å². The number of nitrogens with zero attached hydrogens (tertiary/aromatic N) is 1. The Hall–Kier alpha value is -0.120. The van der Waals surface area contributed by atoms with Crippen LogP contribution in [0.15, 0.2) is 0 Å². The zero-order valence-corrected chi connectivity index (χ0v) is 5.76. The molecule has 1 unspecified atom stereocenters. The standard InChI is InChI=1S/C6H13N2O/c1-7-4-6-5-9-3-2-8-6/h6-7H,2-5H2,1H3. The third kappa shape index (κ3) is 2.30. The minimum absolute atomic E-state index is 0.392. The predicted molar refractivity (Wildman–Crippen MR) is 35.5 cm³/mol. The average Bonchev–Trinajstić information content (AvgIpc) is 1.91. The molecular weight excluding hydrogens is 116 g/mol. The Bertz CT molecular complexity index is 68.7. The summed E-state index contributed by atoms with van der Waals surface area (Å²) in [6.45, 7) is 3.41. The Balaban J connectivity index is 2.08. The van der Waals surface area contributed by atoms with Crippen molar-refractivity contribution in [1.82, 2.24) is 10.6 Å². The number of hydrogen-bond donors (Lipinski definition) is 1. The molecule has 0 spiro atoms. The van der Waals surface area contributed by atoms with Gasteiger partial charge in [-0.3, -0.25) is 0 Å². The quantitative estimate of drug-likeness (QED) is 0.530. The molecule has 1 aliphatic rings. The molecule has 53 valence electrons. The van der Waals surface area contributed by atoms with Gasteiger partial charge in [-0.2, -0.15) is 0 Å². The Morgan fingerprint density at radius 1 is 1.78 bits per heavy atom. The lowest BCUT2D eigenvalue weighted by molar-refractivity contribution is 0.0750. The largest absolute Gasteiger partial charge is 0.378 e. The molecule has 1 rings (SSSR count). The van der Waals surface area contributed by atoms with Crippen molar-refractivity contribution in [2.75, 3.05) is 33.4 Å². The van der Waals surface area contributed by atoms with Gasteiger partial charge in [-0.05, 0) is 7.05 Å². The van der Waals surface area contributed by atoms with Crippen LogP contribution in [0, 0.1) is 0 Å². The second-order valence-electron chi connectivity index (χ2n) is 2.19. The fraction of sp³-hybridized carbons (Fsp3) is 1.00. The van der Waals surface area contributed by atoms with Gasteiger partial charge in [0.25, 0.3) is 0 Å². The minimum atomic E-state index is 0.392. The fourth-order valence-electron chi connectivity index (χ4n) is 0.931. The van der Waals surface area contributed by atoms with Gasteiger partial charge in [-0.15, -0.1) is 0 Å². The average molecular weight is 129 g/mol. The van der Waals surface area contributed by atoms with E-state index < -0.39 is 0 Å². The normalized spacial score (nSPS) is 28.3. The molecule has 1 heterocycles. The Morgan fingerprint density at radius 2 is 2.67 bits per heavy atom. The van der Waals surface area contributed by atoms with E-state index in [0.717, 1.165) is 26.3 Å².